The van der Waals surface area contributed by atoms with E-state index in [1.807, 2.05) is 6.07 Å². The zero-order chi connectivity index (χ0) is 9.97. The molecule has 1 aromatic carbocycles. The van der Waals surface area contributed by atoms with Gasteiger partial charge in [0.05, 0.1) is 19.3 Å². The summed E-state index contributed by atoms with van der Waals surface area (Å²) in [5.74, 6) is 1.01. The molecule has 0 bridgehead atoms. The standard InChI is InChI=1S/C12H16O2/c1-9-4-3-5-11-8-14-10(2)6-7-13-12(9)11/h3-5,10H,6-8H2,1-2H3. The minimum Gasteiger partial charge on any atom is -0.493 e. The maximum Gasteiger partial charge on any atom is 0.127 e. The third-order valence-electron chi connectivity index (χ3n) is 2.59. The molecule has 2 heteroatoms. The first-order valence-corrected chi connectivity index (χ1v) is 5.10. The number of ether oxygens (including phenoxy) is 2. The lowest BCUT2D eigenvalue weighted by Crippen LogP contribution is -2.17. The van der Waals surface area contributed by atoms with E-state index in [4.69, 9.17) is 9.47 Å². The molecular weight excluding hydrogens is 176 g/mol. The number of aryl methyl sites for hydroxylation is 1. The van der Waals surface area contributed by atoms with E-state index in [0.29, 0.717) is 12.7 Å². The minimum atomic E-state index is 0.295. The lowest BCUT2D eigenvalue weighted by molar-refractivity contribution is 0.0285. The lowest BCUT2D eigenvalue weighted by Gasteiger charge is -2.21. The van der Waals surface area contributed by atoms with Gasteiger partial charge in [0.1, 0.15) is 5.75 Å². The Bertz CT molecular complexity index is 320. The molecule has 0 amide bonds. The van der Waals surface area contributed by atoms with Crippen molar-refractivity contribution in [2.75, 3.05) is 6.61 Å². The average Bonchev–Trinajstić information content (AvgIpc) is 2.14. The largest absolute Gasteiger partial charge is 0.493 e. The fraction of sp³-hybridized carbons (Fsp3) is 0.500. The highest BCUT2D eigenvalue weighted by Gasteiger charge is 2.13. The Hall–Kier alpha value is -1.02. The van der Waals surface area contributed by atoms with E-state index >= 15 is 0 Å². The predicted molar refractivity (Wildman–Crippen MR) is 55.5 cm³/mol. The van der Waals surface area contributed by atoms with Crippen LogP contribution < -0.4 is 4.74 Å². The van der Waals surface area contributed by atoms with Gasteiger partial charge >= 0.3 is 0 Å². The molecule has 76 valence electrons. The molecule has 0 aliphatic carbocycles. The molecule has 1 unspecified atom stereocenters. The topological polar surface area (TPSA) is 18.5 Å². The fourth-order valence-electron chi connectivity index (χ4n) is 1.68. The molecule has 1 aliphatic heterocycles. The number of rotatable bonds is 0. The van der Waals surface area contributed by atoms with Crippen LogP contribution in [0.15, 0.2) is 18.2 Å². The number of hydrogen-bond acceptors (Lipinski definition) is 2. The molecule has 0 aromatic heterocycles. The van der Waals surface area contributed by atoms with Gasteiger partial charge in [-0.2, -0.15) is 0 Å². The van der Waals surface area contributed by atoms with E-state index in [9.17, 15) is 0 Å². The molecule has 2 nitrogen and oxygen atoms in total. The van der Waals surface area contributed by atoms with Crippen LogP contribution in [0.25, 0.3) is 0 Å². The highest BCUT2D eigenvalue weighted by atomic mass is 16.5. The normalized spacial score (nSPS) is 21.7. The van der Waals surface area contributed by atoms with Crippen molar-refractivity contribution in [2.45, 2.75) is 33.0 Å². The molecule has 2 rings (SSSR count). The summed E-state index contributed by atoms with van der Waals surface area (Å²) in [7, 11) is 0. The van der Waals surface area contributed by atoms with Gasteiger partial charge in [-0.3, -0.25) is 0 Å². The van der Waals surface area contributed by atoms with Crippen molar-refractivity contribution >= 4 is 0 Å². The summed E-state index contributed by atoms with van der Waals surface area (Å²) in [6.45, 7) is 5.57. The van der Waals surface area contributed by atoms with Crippen LogP contribution in [0.3, 0.4) is 0 Å². The second kappa shape index (κ2) is 4.01. The van der Waals surface area contributed by atoms with Gasteiger partial charge in [-0.05, 0) is 19.4 Å². The molecule has 14 heavy (non-hydrogen) atoms. The van der Waals surface area contributed by atoms with Crippen LogP contribution in [0.5, 0.6) is 5.75 Å². The van der Waals surface area contributed by atoms with Crippen molar-refractivity contribution in [2.24, 2.45) is 0 Å². The molecule has 1 atom stereocenters. The predicted octanol–water partition coefficient (Wildman–Crippen LogP) is 2.68. The van der Waals surface area contributed by atoms with Crippen molar-refractivity contribution in [1.82, 2.24) is 0 Å². The molecule has 0 fully saturated rings. The summed E-state index contributed by atoms with van der Waals surface area (Å²) in [5.41, 5.74) is 2.36. The highest BCUT2D eigenvalue weighted by molar-refractivity contribution is 5.40. The average molecular weight is 192 g/mol. The van der Waals surface area contributed by atoms with Crippen molar-refractivity contribution in [3.05, 3.63) is 29.3 Å². The van der Waals surface area contributed by atoms with Crippen molar-refractivity contribution < 1.29 is 9.47 Å². The first kappa shape index (κ1) is 9.53. The Kier molecular flexibility index (Phi) is 2.73. The zero-order valence-corrected chi connectivity index (χ0v) is 8.75. The lowest BCUT2D eigenvalue weighted by atomic mass is 10.1. The smallest absolute Gasteiger partial charge is 0.127 e. The second-order valence-electron chi connectivity index (χ2n) is 3.82. The van der Waals surface area contributed by atoms with Crippen molar-refractivity contribution in [3.63, 3.8) is 0 Å². The van der Waals surface area contributed by atoms with Gasteiger partial charge in [0.15, 0.2) is 0 Å². The van der Waals surface area contributed by atoms with Gasteiger partial charge in [-0.15, -0.1) is 0 Å². The first-order valence-electron chi connectivity index (χ1n) is 5.10. The highest BCUT2D eigenvalue weighted by Crippen LogP contribution is 2.26. The van der Waals surface area contributed by atoms with Crippen LogP contribution in [0.4, 0.5) is 0 Å². The zero-order valence-electron chi connectivity index (χ0n) is 8.75. The summed E-state index contributed by atoms with van der Waals surface area (Å²) < 4.78 is 11.4. The molecule has 0 radical (unpaired) electrons. The van der Waals surface area contributed by atoms with Gasteiger partial charge in [-0.1, -0.05) is 18.2 Å². The van der Waals surface area contributed by atoms with Crippen LogP contribution in [0.2, 0.25) is 0 Å². The second-order valence-corrected chi connectivity index (χ2v) is 3.82. The first-order chi connectivity index (χ1) is 6.77. The number of para-hydroxylation sites is 1. The fourth-order valence-corrected chi connectivity index (χ4v) is 1.68. The maximum atomic E-state index is 5.75. The summed E-state index contributed by atoms with van der Waals surface area (Å²) in [4.78, 5) is 0. The van der Waals surface area contributed by atoms with Gasteiger partial charge in [0, 0.05) is 12.0 Å². The van der Waals surface area contributed by atoms with E-state index in [-0.39, 0.29) is 0 Å². The van der Waals surface area contributed by atoms with Gasteiger partial charge in [0.2, 0.25) is 0 Å². The van der Waals surface area contributed by atoms with Gasteiger partial charge in [0.25, 0.3) is 0 Å². The Balaban J connectivity index is 2.28. The Labute approximate surface area is 84.8 Å². The molecule has 1 heterocycles. The third-order valence-corrected chi connectivity index (χ3v) is 2.59. The third kappa shape index (κ3) is 1.90. The van der Waals surface area contributed by atoms with E-state index in [1.165, 1.54) is 5.56 Å². The molecule has 0 saturated heterocycles. The molecule has 0 saturated carbocycles. The molecule has 0 spiro atoms. The summed E-state index contributed by atoms with van der Waals surface area (Å²) in [6.07, 6.45) is 1.26. The Morgan fingerprint density at radius 3 is 3.07 bits per heavy atom. The van der Waals surface area contributed by atoms with Crippen LogP contribution >= 0.6 is 0 Å². The van der Waals surface area contributed by atoms with Gasteiger partial charge < -0.3 is 9.47 Å². The minimum absolute atomic E-state index is 0.295. The van der Waals surface area contributed by atoms with E-state index in [2.05, 4.69) is 26.0 Å². The monoisotopic (exact) mass is 192 g/mol. The molecule has 1 aliphatic rings. The quantitative estimate of drug-likeness (QED) is 0.629. The summed E-state index contributed by atoms with van der Waals surface area (Å²) in [6, 6.07) is 6.19. The van der Waals surface area contributed by atoms with Crippen LogP contribution in [-0.4, -0.2) is 12.7 Å². The molecular formula is C12H16O2. The van der Waals surface area contributed by atoms with E-state index in [1.54, 1.807) is 0 Å². The SMILES string of the molecule is Cc1cccc2c1OCCC(C)OC2. The number of benzene rings is 1. The van der Waals surface area contributed by atoms with Crippen molar-refractivity contribution in [3.8, 4) is 5.75 Å². The number of fused-ring (bicyclic) bond motifs is 1. The number of hydrogen-bond donors (Lipinski definition) is 0. The summed E-state index contributed by atoms with van der Waals surface area (Å²) in [5, 5.41) is 0. The van der Waals surface area contributed by atoms with Gasteiger partial charge in [-0.25, -0.2) is 0 Å². The van der Waals surface area contributed by atoms with Crippen LogP contribution in [0.1, 0.15) is 24.5 Å². The Morgan fingerprint density at radius 2 is 2.21 bits per heavy atom. The Morgan fingerprint density at radius 1 is 1.36 bits per heavy atom. The van der Waals surface area contributed by atoms with E-state index < -0.39 is 0 Å². The van der Waals surface area contributed by atoms with Crippen LogP contribution in [-0.2, 0) is 11.3 Å². The summed E-state index contributed by atoms with van der Waals surface area (Å²) >= 11 is 0. The van der Waals surface area contributed by atoms with Crippen molar-refractivity contribution in [1.29, 1.82) is 0 Å². The molecule has 1 aromatic rings. The molecule has 0 N–H and O–H groups in total. The maximum absolute atomic E-state index is 5.75. The van der Waals surface area contributed by atoms with E-state index in [0.717, 1.165) is 24.3 Å². The van der Waals surface area contributed by atoms with Crippen LogP contribution in [0, 0.1) is 6.92 Å².